The minimum atomic E-state index is -3.55. The van der Waals surface area contributed by atoms with E-state index in [0.717, 1.165) is 10.4 Å². The van der Waals surface area contributed by atoms with Gasteiger partial charge in [0.15, 0.2) is 0 Å². The van der Waals surface area contributed by atoms with Crippen LogP contribution in [0.4, 0.5) is 4.39 Å². The number of nitrogens with one attached hydrogen (secondary N) is 1. The van der Waals surface area contributed by atoms with Crippen molar-refractivity contribution in [3.63, 3.8) is 0 Å². The Bertz CT molecular complexity index is 878. The highest BCUT2D eigenvalue weighted by molar-refractivity contribution is 7.91. The first kappa shape index (κ1) is 19.0. The van der Waals surface area contributed by atoms with Crippen LogP contribution in [0, 0.1) is 18.7 Å². The zero-order valence-corrected chi connectivity index (χ0v) is 16.1. The summed E-state index contributed by atoms with van der Waals surface area (Å²) in [6.45, 7) is 2.79. The number of amides is 1. The van der Waals surface area contributed by atoms with Gasteiger partial charge in [0.05, 0.1) is 5.92 Å². The molecule has 1 atom stereocenters. The molecule has 1 saturated heterocycles. The van der Waals surface area contributed by atoms with Gasteiger partial charge in [0.25, 0.3) is 10.0 Å². The molecule has 1 fully saturated rings. The van der Waals surface area contributed by atoms with Gasteiger partial charge in [-0.3, -0.25) is 4.79 Å². The molecule has 1 aromatic carbocycles. The molecule has 1 aromatic heterocycles. The Morgan fingerprint density at radius 1 is 1.27 bits per heavy atom. The predicted molar refractivity (Wildman–Crippen MR) is 98.8 cm³/mol. The average molecular weight is 397 g/mol. The van der Waals surface area contributed by atoms with Crippen LogP contribution in [0.15, 0.2) is 40.6 Å². The standard InChI is InChI=1S/C18H21FN2O3S2/c1-13-4-9-17(25-13)26(23,24)21-10-2-3-15(12-21)18(22)20-11-14-5-7-16(19)8-6-14/h4-9,15H,2-3,10-12H2,1H3,(H,20,22). The van der Waals surface area contributed by atoms with Gasteiger partial charge >= 0.3 is 0 Å². The summed E-state index contributed by atoms with van der Waals surface area (Å²) in [5.41, 5.74) is 0.800. The number of benzene rings is 1. The smallest absolute Gasteiger partial charge is 0.252 e. The van der Waals surface area contributed by atoms with E-state index in [1.165, 1.54) is 27.8 Å². The summed E-state index contributed by atoms with van der Waals surface area (Å²) in [4.78, 5) is 13.4. The lowest BCUT2D eigenvalue weighted by atomic mass is 9.99. The quantitative estimate of drug-likeness (QED) is 0.845. The monoisotopic (exact) mass is 396 g/mol. The number of hydrogen-bond donors (Lipinski definition) is 1. The van der Waals surface area contributed by atoms with E-state index < -0.39 is 10.0 Å². The predicted octanol–water partition coefficient (Wildman–Crippen LogP) is 2.91. The van der Waals surface area contributed by atoms with Crippen molar-refractivity contribution in [1.29, 1.82) is 0 Å². The summed E-state index contributed by atoms with van der Waals surface area (Å²) in [6, 6.07) is 9.33. The molecule has 2 aromatic rings. The zero-order chi connectivity index (χ0) is 18.7. The Hall–Kier alpha value is -1.77. The van der Waals surface area contributed by atoms with E-state index in [2.05, 4.69) is 5.32 Å². The van der Waals surface area contributed by atoms with E-state index >= 15 is 0 Å². The van der Waals surface area contributed by atoms with Crippen LogP contribution in [0.3, 0.4) is 0 Å². The van der Waals surface area contributed by atoms with Crippen LogP contribution in [0.5, 0.6) is 0 Å². The Morgan fingerprint density at radius 3 is 2.65 bits per heavy atom. The van der Waals surface area contributed by atoms with Crippen molar-refractivity contribution < 1.29 is 17.6 Å². The van der Waals surface area contributed by atoms with Gasteiger partial charge in [-0.15, -0.1) is 11.3 Å². The summed E-state index contributed by atoms with van der Waals surface area (Å²) in [6.07, 6.45) is 1.31. The van der Waals surface area contributed by atoms with Crippen LogP contribution >= 0.6 is 11.3 Å². The molecule has 0 saturated carbocycles. The van der Waals surface area contributed by atoms with E-state index in [4.69, 9.17) is 0 Å². The lowest BCUT2D eigenvalue weighted by molar-refractivity contribution is -0.126. The molecule has 5 nitrogen and oxygen atoms in total. The maximum absolute atomic E-state index is 12.9. The number of sulfonamides is 1. The third kappa shape index (κ3) is 4.31. The molecule has 3 rings (SSSR count). The molecular weight excluding hydrogens is 375 g/mol. The average Bonchev–Trinajstić information content (AvgIpc) is 3.08. The molecule has 0 aliphatic carbocycles. The van der Waals surface area contributed by atoms with Crippen molar-refractivity contribution in [3.05, 3.63) is 52.7 Å². The van der Waals surface area contributed by atoms with Gasteiger partial charge in [0.1, 0.15) is 10.0 Å². The van der Waals surface area contributed by atoms with E-state index in [-0.39, 0.29) is 24.2 Å². The van der Waals surface area contributed by atoms with Crippen molar-refractivity contribution in [2.24, 2.45) is 5.92 Å². The normalized spacial score (nSPS) is 18.6. The number of piperidine rings is 1. The number of thiophene rings is 1. The second kappa shape index (κ2) is 7.85. The molecule has 0 spiro atoms. The first-order chi connectivity index (χ1) is 12.4. The molecule has 1 aliphatic rings. The van der Waals surface area contributed by atoms with Crippen molar-refractivity contribution in [2.45, 2.75) is 30.5 Å². The SMILES string of the molecule is Cc1ccc(S(=O)(=O)N2CCCC(C(=O)NCc3ccc(F)cc3)C2)s1. The highest BCUT2D eigenvalue weighted by Crippen LogP contribution is 2.28. The second-order valence-corrected chi connectivity index (χ2v) is 9.86. The van der Waals surface area contributed by atoms with Gasteiger partial charge in [-0.25, -0.2) is 12.8 Å². The largest absolute Gasteiger partial charge is 0.352 e. The summed E-state index contributed by atoms with van der Waals surface area (Å²) >= 11 is 1.25. The minimum absolute atomic E-state index is 0.170. The number of aryl methyl sites for hydroxylation is 1. The Balaban J connectivity index is 1.62. The fourth-order valence-corrected chi connectivity index (χ4v) is 5.95. The Labute approximate surface area is 156 Å². The molecule has 1 aliphatic heterocycles. The molecule has 8 heteroatoms. The van der Waals surface area contributed by atoms with Crippen molar-refractivity contribution in [2.75, 3.05) is 13.1 Å². The molecular formula is C18H21FN2O3S2. The Kier molecular flexibility index (Phi) is 5.74. The van der Waals surface area contributed by atoms with E-state index in [1.807, 2.05) is 6.92 Å². The maximum Gasteiger partial charge on any atom is 0.252 e. The number of rotatable bonds is 5. The molecule has 26 heavy (non-hydrogen) atoms. The minimum Gasteiger partial charge on any atom is -0.352 e. The summed E-state index contributed by atoms with van der Waals surface area (Å²) < 4.78 is 40.2. The van der Waals surface area contributed by atoms with Crippen molar-refractivity contribution >= 4 is 27.3 Å². The number of halogens is 1. The van der Waals surface area contributed by atoms with Crippen molar-refractivity contribution in [1.82, 2.24) is 9.62 Å². The lowest BCUT2D eigenvalue weighted by Gasteiger charge is -2.30. The van der Waals surface area contributed by atoms with Gasteiger partial charge < -0.3 is 5.32 Å². The number of hydrogen-bond acceptors (Lipinski definition) is 4. The van der Waals surface area contributed by atoms with E-state index in [9.17, 15) is 17.6 Å². The number of carbonyl (C=O) groups is 1. The fraction of sp³-hybridized carbons (Fsp3) is 0.389. The van der Waals surface area contributed by atoms with E-state index in [1.54, 1.807) is 24.3 Å². The lowest BCUT2D eigenvalue weighted by Crippen LogP contribution is -2.45. The Morgan fingerprint density at radius 2 is 2.00 bits per heavy atom. The van der Waals surface area contributed by atoms with Crippen LogP contribution in [-0.2, 0) is 21.4 Å². The molecule has 0 radical (unpaired) electrons. The summed E-state index contributed by atoms with van der Waals surface area (Å²) in [5.74, 6) is -0.867. The second-order valence-electron chi connectivity index (χ2n) is 6.41. The highest BCUT2D eigenvalue weighted by atomic mass is 32.2. The molecule has 1 N–H and O–H groups in total. The van der Waals surface area contributed by atoms with Gasteiger partial charge in [0.2, 0.25) is 5.91 Å². The molecule has 140 valence electrons. The number of carbonyl (C=O) groups excluding carboxylic acids is 1. The van der Waals surface area contributed by atoms with Crippen molar-refractivity contribution in [3.8, 4) is 0 Å². The first-order valence-corrected chi connectivity index (χ1v) is 10.7. The van der Waals surface area contributed by atoms with Gasteiger partial charge in [-0.1, -0.05) is 12.1 Å². The van der Waals surface area contributed by atoms with Crippen LogP contribution < -0.4 is 5.32 Å². The first-order valence-electron chi connectivity index (χ1n) is 8.45. The third-order valence-electron chi connectivity index (χ3n) is 4.44. The van der Waals surface area contributed by atoms with Gasteiger partial charge in [-0.05, 0) is 49.6 Å². The highest BCUT2D eigenvalue weighted by Gasteiger charge is 2.33. The molecule has 0 bridgehead atoms. The molecule has 2 heterocycles. The molecule has 1 unspecified atom stereocenters. The van der Waals surface area contributed by atoms with Crippen LogP contribution in [0.2, 0.25) is 0 Å². The molecule has 1 amide bonds. The van der Waals surface area contributed by atoms with Crippen LogP contribution in [-0.4, -0.2) is 31.7 Å². The fourth-order valence-electron chi connectivity index (χ4n) is 2.99. The third-order valence-corrected chi connectivity index (χ3v) is 7.78. The van der Waals surface area contributed by atoms with Gasteiger partial charge in [0, 0.05) is 24.5 Å². The van der Waals surface area contributed by atoms with Crippen LogP contribution in [0.1, 0.15) is 23.3 Å². The topological polar surface area (TPSA) is 66.5 Å². The van der Waals surface area contributed by atoms with Crippen LogP contribution in [0.25, 0.3) is 0 Å². The van der Waals surface area contributed by atoms with E-state index in [0.29, 0.717) is 30.1 Å². The maximum atomic E-state index is 12.9. The summed E-state index contributed by atoms with van der Waals surface area (Å²) in [7, 11) is -3.55. The van der Waals surface area contributed by atoms with Gasteiger partial charge in [-0.2, -0.15) is 4.31 Å². The number of nitrogens with zero attached hydrogens (tertiary/aromatic N) is 1. The zero-order valence-electron chi connectivity index (χ0n) is 14.4. The summed E-state index contributed by atoms with van der Waals surface area (Å²) in [5, 5.41) is 2.82.